The molecule has 1 aliphatic rings. The second kappa shape index (κ2) is 6.37. The molecule has 2 atom stereocenters. The lowest BCUT2D eigenvalue weighted by Gasteiger charge is -2.17. The molecular weight excluding hydrogens is 308 g/mol. The van der Waals surface area contributed by atoms with Gasteiger partial charge < -0.3 is 0 Å². The Morgan fingerprint density at radius 2 is 1.95 bits per heavy atom. The van der Waals surface area contributed by atoms with E-state index in [1.807, 2.05) is 0 Å². The Balaban J connectivity index is 2.07. The molecule has 0 bridgehead atoms. The van der Waals surface area contributed by atoms with Crippen molar-refractivity contribution < 1.29 is 17.2 Å². The van der Waals surface area contributed by atoms with Gasteiger partial charge in [-0.3, -0.25) is 0 Å². The molecule has 0 saturated heterocycles. The zero-order valence-corrected chi connectivity index (χ0v) is 12.4. The van der Waals surface area contributed by atoms with Crippen molar-refractivity contribution in [2.45, 2.75) is 24.2 Å². The highest BCUT2D eigenvalue weighted by Gasteiger charge is 2.28. The Hall–Kier alpha value is -0.720. The van der Waals surface area contributed by atoms with Gasteiger partial charge in [0.05, 0.1) is 0 Å². The highest BCUT2D eigenvalue weighted by molar-refractivity contribution is 7.89. The van der Waals surface area contributed by atoms with E-state index in [0.29, 0.717) is 11.9 Å². The minimum Gasteiger partial charge on any atom is -0.211 e. The average Bonchev–Trinajstić information content (AvgIpc) is 2.83. The van der Waals surface area contributed by atoms with Crippen LogP contribution >= 0.6 is 11.6 Å². The fraction of sp³-hybridized carbons (Fsp3) is 0.538. The van der Waals surface area contributed by atoms with E-state index < -0.39 is 26.6 Å². The van der Waals surface area contributed by atoms with Crippen LogP contribution in [0, 0.1) is 23.5 Å². The summed E-state index contributed by atoms with van der Waals surface area (Å²) in [5.74, 6) is -0.933. The Kier molecular flexibility index (Phi) is 4.99. The first kappa shape index (κ1) is 15.7. The molecule has 1 aliphatic carbocycles. The van der Waals surface area contributed by atoms with Crippen LogP contribution in [0.15, 0.2) is 23.1 Å². The second-order valence-electron chi connectivity index (χ2n) is 5.03. The van der Waals surface area contributed by atoms with Gasteiger partial charge in [0.1, 0.15) is 16.5 Å². The van der Waals surface area contributed by atoms with Crippen LogP contribution in [-0.4, -0.2) is 20.8 Å². The number of sulfonamides is 1. The highest BCUT2D eigenvalue weighted by atomic mass is 35.5. The van der Waals surface area contributed by atoms with E-state index in [1.54, 1.807) is 0 Å². The van der Waals surface area contributed by atoms with Crippen molar-refractivity contribution in [3.63, 3.8) is 0 Å². The summed E-state index contributed by atoms with van der Waals surface area (Å²) in [5.41, 5.74) is 0. The minimum atomic E-state index is -3.96. The van der Waals surface area contributed by atoms with Crippen molar-refractivity contribution in [1.82, 2.24) is 4.72 Å². The first-order valence-electron chi connectivity index (χ1n) is 6.44. The van der Waals surface area contributed by atoms with Crippen LogP contribution in [0.5, 0.6) is 0 Å². The molecule has 1 aromatic rings. The SMILES string of the molecule is O=S(=O)(NCC1CCCC1CCl)c1ccc(F)cc1F. The van der Waals surface area contributed by atoms with E-state index >= 15 is 0 Å². The summed E-state index contributed by atoms with van der Waals surface area (Å²) in [4.78, 5) is -0.528. The summed E-state index contributed by atoms with van der Waals surface area (Å²) in [6.45, 7) is 0.233. The van der Waals surface area contributed by atoms with Crippen LogP contribution in [-0.2, 0) is 10.0 Å². The average molecular weight is 324 g/mol. The maximum absolute atomic E-state index is 13.5. The van der Waals surface area contributed by atoms with Crippen LogP contribution in [0.2, 0.25) is 0 Å². The maximum atomic E-state index is 13.5. The molecule has 2 unspecified atom stereocenters. The number of alkyl halides is 1. The molecule has 0 radical (unpaired) electrons. The number of halogens is 3. The summed E-state index contributed by atoms with van der Waals surface area (Å²) < 4.78 is 52.7. The van der Waals surface area contributed by atoms with Crippen molar-refractivity contribution in [2.24, 2.45) is 11.8 Å². The van der Waals surface area contributed by atoms with Gasteiger partial charge >= 0.3 is 0 Å². The predicted molar refractivity (Wildman–Crippen MR) is 73.1 cm³/mol. The van der Waals surface area contributed by atoms with E-state index in [2.05, 4.69) is 4.72 Å². The van der Waals surface area contributed by atoms with Gasteiger partial charge in [-0.05, 0) is 36.8 Å². The standard InChI is InChI=1S/C13H16ClF2NO2S/c14-7-9-2-1-3-10(9)8-17-20(18,19)13-5-4-11(15)6-12(13)16/h4-6,9-10,17H,1-3,7-8H2. The van der Waals surface area contributed by atoms with Gasteiger partial charge in [0.2, 0.25) is 10.0 Å². The molecule has 0 spiro atoms. The zero-order valence-electron chi connectivity index (χ0n) is 10.8. The molecule has 0 amide bonds. The van der Waals surface area contributed by atoms with Crippen LogP contribution < -0.4 is 4.72 Å². The lowest BCUT2D eigenvalue weighted by Crippen LogP contribution is -2.31. The molecule has 112 valence electrons. The zero-order chi connectivity index (χ0) is 14.8. The number of rotatable bonds is 5. The minimum absolute atomic E-state index is 0.172. The third-order valence-electron chi connectivity index (χ3n) is 3.73. The molecule has 7 heteroatoms. The molecule has 1 fully saturated rings. The highest BCUT2D eigenvalue weighted by Crippen LogP contribution is 2.32. The Morgan fingerprint density at radius 3 is 2.60 bits per heavy atom. The summed E-state index contributed by atoms with van der Waals surface area (Å²) in [5, 5.41) is 0. The number of nitrogens with one attached hydrogen (secondary N) is 1. The third-order valence-corrected chi connectivity index (χ3v) is 5.59. The normalized spacial score (nSPS) is 23.1. The van der Waals surface area contributed by atoms with Crippen molar-refractivity contribution in [2.75, 3.05) is 12.4 Å². The predicted octanol–water partition coefficient (Wildman–Crippen LogP) is 2.90. The van der Waals surface area contributed by atoms with Gasteiger partial charge in [-0.15, -0.1) is 11.6 Å². The van der Waals surface area contributed by atoms with Crippen LogP contribution in [0.25, 0.3) is 0 Å². The lowest BCUT2D eigenvalue weighted by molar-refractivity contribution is 0.418. The topological polar surface area (TPSA) is 46.2 Å². The maximum Gasteiger partial charge on any atom is 0.243 e. The molecule has 1 saturated carbocycles. The van der Waals surface area contributed by atoms with E-state index in [4.69, 9.17) is 11.6 Å². The van der Waals surface area contributed by atoms with E-state index in [-0.39, 0.29) is 18.4 Å². The second-order valence-corrected chi connectivity index (χ2v) is 7.08. The van der Waals surface area contributed by atoms with Crippen molar-refractivity contribution >= 4 is 21.6 Å². The van der Waals surface area contributed by atoms with Crippen LogP contribution in [0.4, 0.5) is 8.78 Å². The Morgan fingerprint density at radius 1 is 1.25 bits per heavy atom. The van der Waals surface area contributed by atoms with Crippen LogP contribution in [0.1, 0.15) is 19.3 Å². The third kappa shape index (κ3) is 3.48. The largest absolute Gasteiger partial charge is 0.243 e. The summed E-state index contributed by atoms with van der Waals surface area (Å²) in [6.07, 6.45) is 2.92. The molecule has 0 aliphatic heterocycles. The number of hydrogen-bond donors (Lipinski definition) is 1. The molecule has 0 aromatic heterocycles. The first-order chi connectivity index (χ1) is 9.44. The molecule has 2 rings (SSSR count). The van der Waals surface area contributed by atoms with Gasteiger partial charge in [0, 0.05) is 18.5 Å². The Bertz CT molecular complexity index is 580. The van der Waals surface area contributed by atoms with Crippen molar-refractivity contribution in [1.29, 1.82) is 0 Å². The van der Waals surface area contributed by atoms with Gasteiger partial charge in [-0.2, -0.15) is 0 Å². The van der Waals surface area contributed by atoms with Gasteiger partial charge in [0.25, 0.3) is 0 Å². The monoisotopic (exact) mass is 323 g/mol. The van der Waals surface area contributed by atoms with Gasteiger partial charge in [0.15, 0.2) is 0 Å². The van der Waals surface area contributed by atoms with Crippen molar-refractivity contribution in [3.8, 4) is 0 Å². The smallest absolute Gasteiger partial charge is 0.211 e. The molecular formula is C13H16ClF2NO2S. The van der Waals surface area contributed by atoms with E-state index in [1.165, 1.54) is 0 Å². The van der Waals surface area contributed by atoms with Gasteiger partial charge in [-0.25, -0.2) is 21.9 Å². The quantitative estimate of drug-likeness (QED) is 0.847. The molecule has 20 heavy (non-hydrogen) atoms. The van der Waals surface area contributed by atoms with Gasteiger partial charge in [-0.1, -0.05) is 6.42 Å². The van der Waals surface area contributed by atoms with E-state index in [9.17, 15) is 17.2 Å². The summed E-state index contributed by atoms with van der Waals surface area (Å²) in [7, 11) is -3.96. The van der Waals surface area contributed by atoms with Crippen LogP contribution in [0.3, 0.4) is 0 Å². The molecule has 1 aromatic carbocycles. The fourth-order valence-electron chi connectivity index (χ4n) is 2.57. The van der Waals surface area contributed by atoms with Crippen molar-refractivity contribution in [3.05, 3.63) is 29.8 Å². The molecule has 3 nitrogen and oxygen atoms in total. The van der Waals surface area contributed by atoms with E-state index in [0.717, 1.165) is 31.4 Å². The fourth-order valence-corrected chi connectivity index (χ4v) is 4.13. The summed E-state index contributed by atoms with van der Waals surface area (Å²) in [6, 6.07) is 2.42. The molecule has 0 heterocycles. The first-order valence-corrected chi connectivity index (χ1v) is 8.46. The number of hydrogen-bond acceptors (Lipinski definition) is 2. The molecule has 1 N–H and O–H groups in total. The summed E-state index contributed by atoms with van der Waals surface area (Å²) >= 11 is 5.83. The number of benzene rings is 1. The Labute approximate surface area is 122 Å². The lowest BCUT2D eigenvalue weighted by atomic mass is 9.98.